The van der Waals surface area contributed by atoms with Crippen molar-refractivity contribution in [3.8, 4) is 0 Å². The van der Waals surface area contributed by atoms with Crippen LogP contribution in [0, 0.1) is 5.92 Å². The van der Waals surface area contributed by atoms with Crippen LogP contribution in [-0.4, -0.2) is 4.98 Å². The topological polar surface area (TPSA) is 38.1 Å². The molecular weight excluding hydrogens is 317 g/mol. The summed E-state index contributed by atoms with van der Waals surface area (Å²) in [5.74, 6) is 2.42. The average molecular weight is 336 g/mol. The predicted molar refractivity (Wildman–Crippen MR) is 82.2 cm³/mol. The zero-order valence-electron chi connectivity index (χ0n) is 13.1. The van der Waals surface area contributed by atoms with E-state index in [0.717, 1.165) is 37.5 Å². The molecule has 0 unspecified atom stereocenters. The molecule has 4 rings (SSSR count). The molecule has 24 heavy (non-hydrogen) atoms. The van der Waals surface area contributed by atoms with Crippen molar-refractivity contribution < 1.29 is 17.6 Å². The Bertz CT molecular complexity index is 717. The van der Waals surface area contributed by atoms with Crippen LogP contribution in [0.5, 0.6) is 0 Å². The molecule has 0 bridgehead atoms. The van der Waals surface area contributed by atoms with E-state index >= 15 is 0 Å². The van der Waals surface area contributed by atoms with E-state index in [4.69, 9.17) is 4.42 Å². The van der Waals surface area contributed by atoms with Crippen molar-refractivity contribution in [3.63, 3.8) is 0 Å². The van der Waals surface area contributed by atoms with Crippen molar-refractivity contribution in [1.29, 1.82) is 0 Å². The van der Waals surface area contributed by atoms with Crippen LogP contribution in [0.4, 0.5) is 13.2 Å². The minimum Gasteiger partial charge on any atom is -0.444 e. The number of oxazole rings is 1. The highest BCUT2D eigenvalue weighted by Crippen LogP contribution is 2.43. The van der Waals surface area contributed by atoms with Crippen LogP contribution in [0.2, 0.25) is 0 Å². The number of benzene rings is 1. The molecule has 1 N–H and O–H groups in total. The SMILES string of the molecule is FC(F)(F)c1cccc([C@H](NCc2ncc(C3CC3)o2)C2CC2)c1. The van der Waals surface area contributed by atoms with Crippen LogP contribution in [0.25, 0.3) is 0 Å². The van der Waals surface area contributed by atoms with Gasteiger partial charge in [0.05, 0.1) is 18.3 Å². The highest BCUT2D eigenvalue weighted by Gasteiger charge is 2.35. The van der Waals surface area contributed by atoms with E-state index in [1.807, 2.05) is 0 Å². The third kappa shape index (κ3) is 3.48. The van der Waals surface area contributed by atoms with Crippen molar-refractivity contribution in [2.75, 3.05) is 0 Å². The van der Waals surface area contributed by atoms with Gasteiger partial charge in [-0.3, -0.25) is 0 Å². The van der Waals surface area contributed by atoms with Gasteiger partial charge >= 0.3 is 6.18 Å². The molecule has 2 fully saturated rings. The van der Waals surface area contributed by atoms with Gasteiger partial charge in [-0.15, -0.1) is 0 Å². The van der Waals surface area contributed by atoms with Gasteiger partial charge in [0, 0.05) is 12.0 Å². The number of hydrogen-bond donors (Lipinski definition) is 1. The standard InChI is InChI=1S/C18H19F3N2O/c19-18(20,21)14-3-1-2-13(8-14)17(12-6-7-12)23-10-16-22-9-15(24-16)11-4-5-11/h1-3,8-9,11-12,17,23H,4-7,10H2/t17-/m1/s1. The van der Waals surface area contributed by atoms with Crippen molar-refractivity contribution in [1.82, 2.24) is 10.3 Å². The second kappa shape index (κ2) is 5.92. The lowest BCUT2D eigenvalue weighted by Crippen LogP contribution is -2.23. The van der Waals surface area contributed by atoms with Crippen LogP contribution >= 0.6 is 0 Å². The van der Waals surface area contributed by atoms with Gasteiger partial charge in [0.25, 0.3) is 0 Å². The number of nitrogens with one attached hydrogen (secondary N) is 1. The molecule has 1 aromatic heterocycles. The molecule has 0 radical (unpaired) electrons. The fourth-order valence-electron chi connectivity index (χ4n) is 3.05. The van der Waals surface area contributed by atoms with E-state index in [1.54, 1.807) is 12.3 Å². The second-order valence-electron chi connectivity index (χ2n) is 6.75. The van der Waals surface area contributed by atoms with Gasteiger partial charge < -0.3 is 9.73 Å². The lowest BCUT2D eigenvalue weighted by Gasteiger charge is -2.19. The first kappa shape index (κ1) is 15.7. The summed E-state index contributed by atoms with van der Waals surface area (Å²) in [6.07, 6.45) is 1.82. The number of rotatable bonds is 6. The van der Waals surface area contributed by atoms with Crippen molar-refractivity contribution in [2.45, 2.75) is 50.4 Å². The maximum atomic E-state index is 12.9. The first-order valence-electron chi connectivity index (χ1n) is 8.36. The zero-order valence-corrected chi connectivity index (χ0v) is 13.1. The molecule has 0 aliphatic heterocycles. The summed E-state index contributed by atoms with van der Waals surface area (Å²) in [4.78, 5) is 4.27. The highest BCUT2D eigenvalue weighted by atomic mass is 19.4. The van der Waals surface area contributed by atoms with Gasteiger partial charge in [0.15, 0.2) is 0 Å². The van der Waals surface area contributed by atoms with E-state index in [-0.39, 0.29) is 6.04 Å². The monoisotopic (exact) mass is 336 g/mol. The van der Waals surface area contributed by atoms with Crippen LogP contribution in [-0.2, 0) is 12.7 Å². The Morgan fingerprint density at radius 3 is 2.67 bits per heavy atom. The minimum atomic E-state index is -4.31. The third-order valence-corrected chi connectivity index (χ3v) is 4.69. The molecule has 2 aliphatic carbocycles. The zero-order chi connectivity index (χ0) is 16.7. The molecule has 0 amide bonds. The molecule has 6 heteroatoms. The Balaban J connectivity index is 1.47. The highest BCUT2D eigenvalue weighted by molar-refractivity contribution is 5.29. The summed E-state index contributed by atoms with van der Waals surface area (Å²) in [5, 5.41) is 3.34. The Morgan fingerprint density at radius 2 is 2.00 bits per heavy atom. The molecule has 0 spiro atoms. The Kier molecular flexibility index (Phi) is 3.87. The molecule has 0 saturated heterocycles. The number of hydrogen-bond acceptors (Lipinski definition) is 3. The fourth-order valence-corrected chi connectivity index (χ4v) is 3.05. The molecule has 128 valence electrons. The van der Waals surface area contributed by atoms with Gasteiger partial charge in [-0.1, -0.05) is 12.1 Å². The predicted octanol–water partition coefficient (Wildman–Crippen LogP) is 4.81. The number of alkyl halides is 3. The van der Waals surface area contributed by atoms with Gasteiger partial charge in [0.2, 0.25) is 5.89 Å². The van der Waals surface area contributed by atoms with Crippen molar-refractivity contribution in [3.05, 3.63) is 53.2 Å². The van der Waals surface area contributed by atoms with Crippen LogP contribution < -0.4 is 5.32 Å². The smallest absolute Gasteiger partial charge is 0.416 e. The molecule has 2 aliphatic rings. The molecule has 1 aromatic carbocycles. The van der Waals surface area contributed by atoms with E-state index < -0.39 is 11.7 Å². The van der Waals surface area contributed by atoms with E-state index in [9.17, 15) is 13.2 Å². The Labute approximate surface area is 138 Å². The fraction of sp³-hybridized carbons (Fsp3) is 0.500. The summed E-state index contributed by atoms with van der Waals surface area (Å²) in [7, 11) is 0. The van der Waals surface area contributed by atoms with Crippen molar-refractivity contribution in [2.24, 2.45) is 5.92 Å². The average Bonchev–Trinajstić information content (AvgIpc) is 3.47. The minimum absolute atomic E-state index is 0.0939. The molecule has 2 saturated carbocycles. The lowest BCUT2D eigenvalue weighted by atomic mass is 10.00. The quantitative estimate of drug-likeness (QED) is 0.822. The van der Waals surface area contributed by atoms with Crippen LogP contribution in [0.15, 0.2) is 34.9 Å². The molecular formula is C18H19F3N2O. The maximum Gasteiger partial charge on any atom is 0.416 e. The first-order chi connectivity index (χ1) is 11.5. The largest absolute Gasteiger partial charge is 0.444 e. The Hall–Kier alpha value is -1.82. The summed E-state index contributed by atoms with van der Waals surface area (Å²) in [6, 6.07) is 5.51. The van der Waals surface area contributed by atoms with Crippen LogP contribution in [0.1, 0.15) is 60.4 Å². The summed E-state index contributed by atoms with van der Waals surface area (Å²) >= 11 is 0. The summed E-state index contributed by atoms with van der Waals surface area (Å²) in [5.41, 5.74) is 0.0842. The lowest BCUT2D eigenvalue weighted by molar-refractivity contribution is -0.137. The van der Waals surface area contributed by atoms with E-state index in [2.05, 4.69) is 10.3 Å². The molecule has 2 aromatic rings. The number of nitrogens with zero attached hydrogens (tertiary/aromatic N) is 1. The van der Waals surface area contributed by atoms with Gasteiger partial charge in [-0.2, -0.15) is 13.2 Å². The molecule has 1 heterocycles. The summed E-state index contributed by atoms with van der Waals surface area (Å²) < 4.78 is 44.5. The van der Waals surface area contributed by atoms with E-state index in [0.29, 0.717) is 29.8 Å². The van der Waals surface area contributed by atoms with Gasteiger partial charge in [-0.25, -0.2) is 4.98 Å². The molecule has 3 nitrogen and oxygen atoms in total. The number of aromatic nitrogens is 1. The summed E-state index contributed by atoms with van der Waals surface area (Å²) in [6.45, 7) is 0.435. The molecule has 1 atom stereocenters. The van der Waals surface area contributed by atoms with Crippen LogP contribution in [0.3, 0.4) is 0 Å². The second-order valence-corrected chi connectivity index (χ2v) is 6.75. The van der Waals surface area contributed by atoms with Gasteiger partial charge in [-0.05, 0) is 49.3 Å². The maximum absolute atomic E-state index is 12.9. The third-order valence-electron chi connectivity index (χ3n) is 4.69. The first-order valence-corrected chi connectivity index (χ1v) is 8.36. The van der Waals surface area contributed by atoms with E-state index in [1.165, 1.54) is 12.1 Å². The number of halogens is 3. The van der Waals surface area contributed by atoms with Gasteiger partial charge in [0.1, 0.15) is 5.76 Å². The normalized spacial score (nSPS) is 19.5. The van der Waals surface area contributed by atoms with Crippen molar-refractivity contribution >= 4 is 0 Å². The Morgan fingerprint density at radius 1 is 1.21 bits per heavy atom.